The number of unbranched alkanes of at least 4 members (excludes halogenated alkanes) is 2. The van der Waals surface area contributed by atoms with E-state index in [1.807, 2.05) is 0 Å². The molecule has 0 bridgehead atoms. The number of anilines is 2. The first-order valence-corrected chi connectivity index (χ1v) is 18.0. The summed E-state index contributed by atoms with van der Waals surface area (Å²) in [5.74, 6) is -0.294. The largest absolute Gasteiger partial charge is 0.493 e. The molecule has 2 aromatic carbocycles. The zero-order valence-electron chi connectivity index (χ0n) is 30.9. The summed E-state index contributed by atoms with van der Waals surface area (Å²) < 4.78 is 17.5. The zero-order chi connectivity index (χ0) is 38.3. The number of benzene rings is 2. The van der Waals surface area contributed by atoms with Crippen molar-refractivity contribution in [2.24, 2.45) is 5.41 Å². The minimum atomic E-state index is -1.41. The standard InChI is InChI=1S/C39H48BN4O9/c1-6-39(3,4)17-19-52-32-22-29-28(21-31(32)51-5)36(48)43-23-25(2)20-30(43)37(49)44(29)38(50)53-24-26-11-13-27(14-12-26)41-40-33(45)10-8-7-9-18-42-34(46)15-16-35(42)47/h11-16,21-22,30,37,41,49H,2,6-10,17-20,23-24H2,1,3-5H3/t30-,37-/m0/s1. The van der Waals surface area contributed by atoms with E-state index >= 15 is 0 Å². The second-order valence-electron chi connectivity index (χ2n) is 14.4. The molecule has 0 saturated carbocycles. The van der Waals surface area contributed by atoms with Crippen molar-refractivity contribution in [1.29, 1.82) is 0 Å². The van der Waals surface area contributed by atoms with Crippen molar-refractivity contribution in [1.82, 2.24) is 9.80 Å². The highest BCUT2D eigenvalue weighted by Gasteiger charge is 2.46. The van der Waals surface area contributed by atoms with Crippen LogP contribution in [0.4, 0.5) is 16.2 Å². The molecule has 53 heavy (non-hydrogen) atoms. The molecule has 0 aliphatic carbocycles. The molecule has 0 spiro atoms. The molecule has 4 amide bonds. The third-order valence-electron chi connectivity index (χ3n) is 10.0. The molecule has 281 valence electrons. The lowest BCUT2D eigenvalue weighted by Crippen LogP contribution is -2.50. The molecule has 14 heteroatoms. The topological polar surface area (TPSA) is 155 Å². The normalized spacial score (nSPS) is 18.2. The Morgan fingerprint density at radius 1 is 1.04 bits per heavy atom. The molecule has 0 unspecified atom stereocenters. The summed E-state index contributed by atoms with van der Waals surface area (Å²) in [6.07, 6.45) is 4.61. The minimum Gasteiger partial charge on any atom is -0.493 e. The van der Waals surface area contributed by atoms with Crippen LogP contribution in [0.5, 0.6) is 11.5 Å². The Kier molecular flexibility index (Phi) is 12.7. The van der Waals surface area contributed by atoms with Crippen LogP contribution in [-0.4, -0.2) is 90.9 Å². The van der Waals surface area contributed by atoms with Crippen molar-refractivity contribution in [3.8, 4) is 11.5 Å². The fraction of sp³-hybridized carbons (Fsp3) is 0.462. The highest BCUT2D eigenvalue weighted by atomic mass is 16.6. The number of carbonyl (C=O) groups is 5. The predicted octanol–water partition coefficient (Wildman–Crippen LogP) is 5.19. The first-order valence-electron chi connectivity index (χ1n) is 18.0. The van der Waals surface area contributed by atoms with Crippen molar-refractivity contribution in [3.63, 3.8) is 0 Å². The number of methoxy groups -OCH3 is 1. The fourth-order valence-electron chi connectivity index (χ4n) is 6.34. The Morgan fingerprint density at radius 3 is 2.43 bits per heavy atom. The number of rotatable bonds is 17. The van der Waals surface area contributed by atoms with E-state index in [1.165, 1.54) is 36.5 Å². The smallest absolute Gasteiger partial charge is 0.416 e. The minimum absolute atomic E-state index is 0.0547. The molecule has 2 aromatic rings. The van der Waals surface area contributed by atoms with Crippen LogP contribution in [0.25, 0.3) is 0 Å². The third kappa shape index (κ3) is 9.47. The number of nitrogens with one attached hydrogen (secondary N) is 1. The lowest BCUT2D eigenvalue weighted by atomic mass is 9.83. The van der Waals surface area contributed by atoms with Gasteiger partial charge in [-0.2, -0.15) is 0 Å². The van der Waals surface area contributed by atoms with E-state index in [2.05, 4.69) is 32.6 Å². The Balaban J connectivity index is 1.19. The summed E-state index contributed by atoms with van der Waals surface area (Å²) in [6.45, 7) is 11.3. The molecule has 0 aromatic heterocycles. The molecule has 2 atom stereocenters. The van der Waals surface area contributed by atoms with Crippen molar-refractivity contribution < 1.29 is 43.3 Å². The maximum Gasteiger partial charge on any atom is 0.416 e. The second-order valence-corrected chi connectivity index (χ2v) is 14.4. The van der Waals surface area contributed by atoms with Gasteiger partial charge in [-0.05, 0) is 61.3 Å². The number of hydrogen-bond acceptors (Lipinski definition) is 10. The predicted molar refractivity (Wildman–Crippen MR) is 200 cm³/mol. The van der Waals surface area contributed by atoms with E-state index in [4.69, 9.17) is 14.2 Å². The van der Waals surface area contributed by atoms with Crippen LogP contribution in [0.3, 0.4) is 0 Å². The molecule has 2 N–H and O–H groups in total. The highest BCUT2D eigenvalue weighted by Crippen LogP contribution is 2.42. The lowest BCUT2D eigenvalue weighted by molar-refractivity contribution is -0.136. The number of ether oxygens (including phenoxy) is 3. The summed E-state index contributed by atoms with van der Waals surface area (Å²) in [4.78, 5) is 67.1. The zero-order valence-corrected chi connectivity index (χ0v) is 30.9. The van der Waals surface area contributed by atoms with E-state index in [9.17, 15) is 29.1 Å². The Labute approximate surface area is 311 Å². The van der Waals surface area contributed by atoms with Crippen molar-refractivity contribution in [3.05, 3.63) is 71.8 Å². The molecule has 3 aliphatic rings. The summed E-state index contributed by atoms with van der Waals surface area (Å²) >= 11 is 0. The molecule has 1 fully saturated rings. The summed E-state index contributed by atoms with van der Waals surface area (Å²) in [6, 6.07) is 9.37. The molecular formula is C39H48BN4O9. The van der Waals surface area contributed by atoms with Gasteiger partial charge >= 0.3 is 13.5 Å². The van der Waals surface area contributed by atoms with Crippen LogP contribution >= 0.6 is 0 Å². The van der Waals surface area contributed by atoms with Gasteiger partial charge in [-0.1, -0.05) is 57.9 Å². The number of amides is 4. The van der Waals surface area contributed by atoms with Gasteiger partial charge in [0.15, 0.2) is 17.7 Å². The van der Waals surface area contributed by atoms with E-state index in [0.717, 1.165) is 23.3 Å². The summed E-state index contributed by atoms with van der Waals surface area (Å²) in [5.41, 5.74) is 2.38. The molecule has 3 aliphatic heterocycles. The maximum absolute atomic E-state index is 13.8. The number of nitrogens with zero attached hydrogens (tertiary/aromatic N) is 3. The van der Waals surface area contributed by atoms with Crippen LogP contribution in [-0.2, 0) is 25.7 Å². The van der Waals surface area contributed by atoms with Crippen LogP contribution in [0.2, 0.25) is 0 Å². The molecular weight excluding hydrogens is 679 g/mol. The number of aliphatic hydroxyl groups is 1. The van der Waals surface area contributed by atoms with E-state index in [0.29, 0.717) is 68.0 Å². The van der Waals surface area contributed by atoms with Crippen molar-refractivity contribution >= 4 is 48.3 Å². The SMILES string of the molecule is C=C1C[C@H]2[C@H](O)N(C(=O)OCc3ccc(N[B]C(=O)CCCCCN4C(=O)C=CC4=O)cc3)c3cc(OCCC(C)(C)CC)c(OC)cc3C(=O)N2C1. The number of aliphatic hydroxyl groups excluding tert-OH is 1. The van der Waals surface area contributed by atoms with Crippen LogP contribution in [0.15, 0.2) is 60.7 Å². The highest BCUT2D eigenvalue weighted by molar-refractivity contribution is 6.76. The van der Waals surface area contributed by atoms with Gasteiger partial charge in [-0.3, -0.25) is 19.3 Å². The Morgan fingerprint density at radius 2 is 1.75 bits per heavy atom. The summed E-state index contributed by atoms with van der Waals surface area (Å²) in [7, 11) is 2.88. The average molecular weight is 728 g/mol. The number of hydrogen-bond donors (Lipinski definition) is 2. The maximum atomic E-state index is 13.8. The van der Waals surface area contributed by atoms with Gasteiger partial charge in [0.05, 0.1) is 31.0 Å². The van der Waals surface area contributed by atoms with Gasteiger partial charge < -0.3 is 34.2 Å². The van der Waals surface area contributed by atoms with E-state index in [1.54, 1.807) is 36.4 Å². The number of fused-ring (bicyclic) bond motifs is 2. The van der Waals surface area contributed by atoms with E-state index < -0.39 is 18.4 Å². The van der Waals surface area contributed by atoms with Gasteiger partial charge in [-0.15, -0.1) is 0 Å². The molecule has 5 rings (SSSR count). The van der Waals surface area contributed by atoms with Gasteiger partial charge in [-0.25, -0.2) is 9.69 Å². The Hall–Kier alpha value is -5.11. The molecule has 3 heterocycles. The summed E-state index contributed by atoms with van der Waals surface area (Å²) in [5, 5.41) is 14.6. The van der Waals surface area contributed by atoms with Gasteiger partial charge in [0.1, 0.15) is 12.3 Å². The first-order chi connectivity index (χ1) is 25.3. The Bertz CT molecular complexity index is 1740. The van der Waals surface area contributed by atoms with Crippen molar-refractivity contribution in [2.75, 3.05) is 36.9 Å². The third-order valence-corrected chi connectivity index (χ3v) is 10.0. The molecule has 13 nitrogen and oxygen atoms in total. The average Bonchev–Trinajstić information content (AvgIpc) is 3.67. The monoisotopic (exact) mass is 727 g/mol. The first kappa shape index (κ1) is 39.1. The van der Waals surface area contributed by atoms with Crippen LogP contribution < -0.4 is 19.6 Å². The number of carbonyl (C=O) groups excluding carboxylic acids is 5. The fourth-order valence-corrected chi connectivity index (χ4v) is 6.34. The molecule has 1 saturated heterocycles. The van der Waals surface area contributed by atoms with E-state index in [-0.39, 0.29) is 53.2 Å². The molecule has 1 radical (unpaired) electrons. The van der Waals surface area contributed by atoms with Crippen LogP contribution in [0, 0.1) is 5.41 Å². The van der Waals surface area contributed by atoms with Gasteiger partial charge in [0, 0.05) is 37.0 Å². The second kappa shape index (κ2) is 17.1. The van der Waals surface area contributed by atoms with Crippen molar-refractivity contribution in [2.45, 2.75) is 84.6 Å². The lowest BCUT2D eigenvalue weighted by Gasteiger charge is -2.31. The van der Waals surface area contributed by atoms with Gasteiger partial charge in [0.25, 0.3) is 17.7 Å². The quantitative estimate of drug-likeness (QED) is 0.0963. The number of imide groups is 1. The van der Waals surface area contributed by atoms with Gasteiger partial charge in [0.2, 0.25) is 0 Å². The van der Waals surface area contributed by atoms with Crippen LogP contribution in [0.1, 0.15) is 81.6 Å².